The molecule has 0 saturated carbocycles. The van der Waals surface area contributed by atoms with Crippen molar-refractivity contribution in [2.75, 3.05) is 6.54 Å². The quantitative estimate of drug-likeness (QED) is 0.814. The zero-order valence-electron chi connectivity index (χ0n) is 11.6. The molecule has 0 fully saturated rings. The molecule has 0 amide bonds. The smallest absolute Gasteiger partial charge is 0.126 e. The van der Waals surface area contributed by atoms with Crippen LogP contribution in [0.2, 0.25) is 5.02 Å². The first kappa shape index (κ1) is 15.5. The maximum absolute atomic E-state index is 13.6. The zero-order valence-corrected chi connectivity index (χ0v) is 12.4. The highest BCUT2D eigenvalue weighted by Crippen LogP contribution is 2.21. The minimum absolute atomic E-state index is 0.157. The summed E-state index contributed by atoms with van der Waals surface area (Å²) in [6.07, 6.45) is 0.729. The van der Waals surface area contributed by atoms with Crippen LogP contribution in [0.4, 0.5) is 4.39 Å². The minimum atomic E-state index is -0.157. The van der Waals surface area contributed by atoms with Gasteiger partial charge in [0.2, 0.25) is 0 Å². The Labute approximate surface area is 115 Å². The van der Waals surface area contributed by atoms with Crippen LogP contribution >= 0.6 is 11.6 Å². The SMILES string of the molecule is CC(C)NCC(C)C(C)Cc1cc(Cl)ccc1F. The Hall–Kier alpha value is -0.600. The van der Waals surface area contributed by atoms with Crippen LogP contribution in [0, 0.1) is 17.7 Å². The van der Waals surface area contributed by atoms with E-state index in [1.165, 1.54) is 6.07 Å². The van der Waals surface area contributed by atoms with E-state index in [-0.39, 0.29) is 5.82 Å². The average molecular weight is 272 g/mol. The predicted octanol–water partition coefficient (Wildman–Crippen LogP) is 4.29. The average Bonchev–Trinajstić information content (AvgIpc) is 2.30. The van der Waals surface area contributed by atoms with E-state index in [9.17, 15) is 4.39 Å². The van der Waals surface area contributed by atoms with E-state index in [2.05, 4.69) is 33.0 Å². The van der Waals surface area contributed by atoms with Gasteiger partial charge in [0, 0.05) is 11.1 Å². The maximum atomic E-state index is 13.6. The molecule has 18 heavy (non-hydrogen) atoms. The Bertz CT molecular complexity index is 379. The summed E-state index contributed by atoms with van der Waals surface area (Å²) >= 11 is 5.90. The largest absolute Gasteiger partial charge is 0.314 e. The molecule has 0 heterocycles. The molecule has 1 rings (SSSR count). The molecule has 0 aliphatic heterocycles. The molecule has 0 spiro atoms. The lowest BCUT2D eigenvalue weighted by Crippen LogP contribution is -2.31. The summed E-state index contributed by atoms with van der Waals surface area (Å²) in [6, 6.07) is 5.26. The minimum Gasteiger partial charge on any atom is -0.314 e. The van der Waals surface area contributed by atoms with Crippen molar-refractivity contribution in [1.29, 1.82) is 0 Å². The molecule has 0 saturated heterocycles. The van der Waals surface area contributed by atoms with Crippen molar-refractivity contribution in [3.63, 3.8) is 0 Å². The Morgan fingerprint density at radius 1 is 1.17 bits per heavy atom. The van der Waals surface area contributed by atoms with Gasteiger partial charge in [-0.15, -0.1) is 0 Å². The second kappa shape index (κ2) is 7.10. The molecule has 0 radical (unpaired) electrons. The van der Waals surface area contributed by atoms with Crippen LogP contribution in [-0.2, 0) is 6.42 Å². The first-order chi connectivity index (χ1) is 8.40. The molecule has 0 aliphatic carbocycles. The third-order valence-corrected chi connectivity index (χ3v) is 3.60. The van der Waals surface area contributed by atoms with Gasteiger partial charge in [-0.2, -0.15) is 0 Å². The number of hydrogen-bond acceptors (Lipinski definition) is 1. The molecule has 102 valence electrons. The summed E-state index contributed by atoms with van der Waals surface area (Å²) in [5.41, 5.74) is 0.714. The van der Waals surface area contributed by atoms with E-state index in [4.69, 9.17) is 11.6 Å². The van der Waals surface area contributed by atoms with Gasteiger partial charge in [-0.3, -0.25) is 0 Å². The van der Waals surface area contributed by atoms with Gasteiger partial charge in [0.1, 0.15) is 5.82 Å². The maximum Gasteiger partial charge on any atom is 0.126 e. The third-order valence-electron chi connectivity index (χ3n) is 3.37. The van der Waals surface area contributed by atoms with Crippen LogP contribution in [0.15, 0.2) is 18.2 Å². The first-order valence-electron chi connectivity index (χ1n) is 6.57. The molecule has 1 nitrogen and oxygen atoms in total. The van der Waals surface area contributed by atoms with Crippen LogP contribution in [0.5, 0.6) is 0 Å². The van der Waals surface area contributed by atoms with Crippen molar-refractivity contribution in [3.8, 4) is 0 Å². The molecule has 3 heteroatoms. The lowest BCUT2D eigenvalue weighted by atomic mass is 9.89. The number of nitrogens with one attached hydrogen (secondary N) is 1. The molecule has 0 bridgehead atoms. The Kier molecular flexibility index (Phi) is 6.10. The Balaban J connectivity index is 2.57. The molecule has 0 aromatic heterocycles. The van der Waals surface area contributed by atoms with Gasteiger partial charge in [-0.05, 0) is 48.6 Å². The van der Waals surface area contributed by atoms with E-state index in [1.807, 2.05) is 0 Å². The van der Waals surface area contributed by atoms with Crippen LogP contribution in [0.3, 0.4) is 0 Å². The molecule has 1 aromatic rings. The van der Waals surface area contributed by atoms with Gasteiger partial charge in [0.15, 0.2) is 0 Å². The number of rotatable bonds is 6. The van der Waals surface area contributed by atoms with Crippen molar-refractivity contribution >= 4 is 11.6 Å². The monoisotopic (exact) mass is 271 g/mol. The number of hydrogen-bond donors (Lipinski definition) is 1. The van der Waals surface area contributed by atoms with Crippen LogP contribution in [-0.4, -0.2) is 12.6 Å². The fourth-order valence-electron chi connectivity index (χ4n) is 1.87. The highest BCUT2D eigenvalue weighted by molar-refractivity contribution is 6.30. The van der Waals surface area contributed by atoms with E-state index < -0.39 is 0 Å². The lowest BCUT2D eigenvalue weighted by molar-refractivity contribution is 0.351. The predicted molar refractivity (Wildman–Crippen MR) is 76.6 cm³/mol. The van der Waals surface area contributed by atoms with Crippen molar-refractivity contribution in [2.45, 2.75) is 40.2 Å². The molecule has 1 N–H and O–H groups in total. The molecule has 2 unspecified atom stereocenters. The van der Waals surface area contributed by atoms with Gasteiger partial charge in [-0.1, -0.05) is 39.3 Å². The normalized spacial score (nSPS) is 14.8. The highest BCUT2D eigenvalue weighted by Gasteiger charge is 2.15. The second-order valence-corrected chi connectivity index (χ2v) is 5.89. The molecular weight excluding hydrogens is 249 g/mol. The summed E-state index contributed by atoms with van der Waals surface area (Å²) in [5.74, 6) is 0.769. The summed E-state index contributed by atoms with van der Waals surface area (Å²) < 4.78 is 13.6. The fraction of sp³-hybridized carbons (Fsp3) is 0.600. The van der Waals surface area contributed by atoms with E-state index in [1.54, 1.807) is 12.1 Å². The Morgan fingerprint density at radius 3 is 2.44 bits per heavy atom. The zero-order chi connectivity index (χ0) is 13.7. The molecule has 2 atom stereocenters. The van der Waals surface area contributed by atoms with Gasteiger partial charge >= 0.3 is 0 Å². The molecule has 1 aromatic carbocycles. The van der Waals surface area contributed by atoms with Gasteiger partial charge < -0.3 is 5.32 Å². The molecular formula is C15H23ClFN. The summed E-state index contributed by atoms with van der Waals surface area (Å²) in [7, 11) is 0. The van der Waals surface area contributed by atoms with Crippen LogP contribution in [0.25, 0.3) is 0 Å². The summed E-state index contributed by atoms with van der Waals surface area (Å²) in [4.78, 5) is 0. The van der Waals surface area contributed by atoms with Gasteiger partial charge in [-0.25, -0.2) is 4.39 Å². The first-order valence-corrected chi connectivity index (χ1v) is 6.95. The summed E-state index contributed by atoms with van der Waals surface area (Å²) in [6.45, 7) is 9.58. The van der Waals surface area contributed by atoms with Gasteiger partial charge in [0.05, 0.1) is 0 Å². The second-order valence-electron chi connectivity index (χ2n) is 5.46. The van der Waals surface area contributed by atoms with Gasteiger partial charge in [0.25, 0.3) is 0 Å². The van der Waals surface area contributed by atoms with Crippen molar-refractivity contribution in [2.24, 2.45) is 11.8 Å². The van der Waals surface area contributed by atoms with E-state index in [0.29, 0.717) is 28.5 Å². The number of benzene rings is 1. The van der Waals surface area contributed by atoms with Crippen LogP contribution in [0.1, 0.15) is 33.3 Å². The Morgan fingerprint density at radius 2 is 1.83 bits per heavy atom. The summed E-state index contributed by atoms with van der Waals surface area (Å²) in [5, 5.41) is 4.02. The van der Waals surface area contributed by atoms with E-state index in [0.717, 1.165) is 13.0 Å². The fourth-order valence-corrected chi connectivity index (χ4v) is 2.07. The lowest BCUT2D eigenvalue weighted by Gasteiger charge is -2.22. The van der Waals surface area contributed by atoms with Crippen molar-refractivity contribution in [3.05, 3.63) is 34.6 Å². The van der Waals surface area contributed by atoms with E-state index >= 15 is 0 Å². The van der Waals surface area contributed by atoms with Crippen LogP contribution < -0.4 is 5.32 Å². The highest BCUT2D eigenvalue weighted by atomic mass is 35.5. The third kappa shape index (κ3) is 4.95. The molecule has 0 aliphatic rings. The topological polar surface area (TPSA) is 12.0 Å². The van der Waals surface area contributed by atoms with Crippen molar-refractivity contribution < 1.29 is 4.39 Å². The standard InChI is InChI=1S/C15H23ClFN/c1-10(2)18-9-12(4)11(3)7-13-8-14(16)5-6-15(13)17/h5-6,8,10-12,18H,7,9H2,1-4H3. The van der Waals surface area contributed by atoms with Crippen molar-refractivity contribution in [1.82, 2.24) is 5.32 Å². The number of halogens is 2.